The minimum atomic E-state index is -0.312. The highest BCUT2D eigenvalue weighted by Gasteiger charge is 2.06. The van der Waals surface area contributed by atoms with Gasteiger partial charge in [0.2, 0.25) is 0 Å². The molecule has 0 aliphatic carbocycles. The van der Waals surface area contributed by atoms with E-state index < -0.39 is 0 Å². The fourth-order valence-corrected chi connectivity index (χ4v) is 1.60. The summed E-state index contributed by atoms with van der Waals surface area (Å²) in [5.74, 6) is -0.237. The summed E-state index contributed by atoms with van der Waals surface area (Å²) in [7, 11) is 0. The zero-order valence-electron chi connectivity index (χ0n) is 12.9. The van der Waals surface area contributed by atoms with Gasteiger partial charge < -0.3 is 4.74 Å². The molecule has 3 nitrogen and oxygen atoms in total. The average molecular weight is 296 g/mol. The Labute approximate surface area is 131 Å². The van der Waals surface area contributed by atoms with Gasteiger partial charge in [0.1, 0.15) is 0 Å². The molecule has 0 N–H and O–H groups in total. The van der Waals surface area contributed by atoms with Crippen LogP contribution in [-0.2, 0) is 9.53 Å². The molecule has 3 heteroatoms. The number of hydrogen-bond donors (Lipinski definition) is 0. The molecule has 0 spiro atoms. The molecule has 0 fully saturated rings. The molecule has 2 aromatic rings. The number of hydrogen-bond acceptors (Lipinski definition) is 3. The lowest BCUT2D eigenvalue weighted by atomic mass is 10.0. The molecular formula is C19H20O3. The first-order valence-corrected chi connectivity index (χ1v) is 7.03. The van der Waals surface area contributed by atoms with E-state index in [1.165, 1.54) is 0 Å². The van der Waals surface area contributed by atoms with E-state index in [-0.39, 0.29) is 11.8 Å². The Kier molecular flexibility index (Phi) is 7.34. The Bertz CT molecular complexity index is 574. The summed E-state index contributed by atoms with van der Waals surface area (Å²) in [6.45, 7) is 7.21. The molecule has 0 bridgehead atoms. The zero-order valence-corrected chi connectivity index (χ0v) is 12.9. The molecule has 2 rings (SSSR count). The van der Waals surface area contributed by atoms with Gasteiger partial charge in [0.05, 0.1) is 6.61 Å². The number of benzene rings is 2. The van der Waals surface area contributed by atoms with Gasteiger partial charge in [-0.25, -0.2) is 4.79 Å². The predicted octanol–water partition coefficient (Wildman–Crippen LogP) is 4.04. The Hall–Kier alpha value is -2.68. The highest BCUT2D eigenvalue weighted by atomic mass is 16.5. The van der Waals surface area contributed by atoms with Crippen molar-refractivity contribution >= 4 is 11.8 Å². The third-order valence-electron chi connectivity index (χ3n) is 2.70. The van der Waals surface area contributed by atoms with Crippen LogP contribution in [0.3, 0.4) is 0 Å². The monoisotopic (exact) mass is 296 g/mol. The number of ether oxygens (including phenoxy) is 1. The summed E-state index contributed by atoms with van der Waals surface area (Å²) in [6, 6.07) is 18.6. The normalized spacial score (nSPS) is 9.18. The Morgan fingerprint density at radius 3 is 1.59 bits per heavy atom. The lowest BCUT2D eigenvalue weighted by molar-refractivity contribution is -0.138. The van der Waals surface area contributed by atoms with Crippen molar-refractivity contribution in [1.82, 2.24) is 0 Å². The smallest absolute Gasteiger partial charge is 0.333 e. The number of carbonyl (C=O) groups is 2. The maximum atomic E-state index is 11.8. The molecule has 0 atom stereocenters. The van der Waals surface area contributed by atoms with Gasteiger partial charge in [-0.05, 0) is 13.8 Å². The van der Waals surface area contributed by atoms with Gasteiger partial charge in [-0.3, -0.25) is 4.79 Å². The van der Waals surface area contributed by atoms with Crippen LogP contribution < -0.4 is 0 Å². The molecule has 0 aliphatic heterocycles. The zero-order chi connectivity index (χ0) is 16.4. The van der Waals surface area contributed by atoms with E-state index in [4.69, 9.17) is 0 Å². The highest BCUT2D eigenvalue weighted by molar-refractivity contribution is 6.08. The Morgan fingerprint density at radius 1 is 0.909 bits per heavy atom. The minimum Gasteiger partial charge on any atom is -0.463 e. The third kappa shape index (κ3) is 5.75. The van der Waals surface area contributed by atoms with Crippen LogP contribution in [0.25, 0.3) is 0 Å². The molecule has 0 amide bonds. The largest absolute Gasteiger partial charge is 0.463 e. The van der Waals surface area contributed by atoms with Crippen molar-refractivity contribution in [3.8, 4) is 0 Å². The number of carbonyl (C=O) groups excluding carboxylic acids is 2. The Morgan fingerprint density at radius 2 is 1.32 bits per heavy atom. The quantitative estimate of drug-likeness (QED) is 0.486. The summed E-state index contributed by atoms with van der Waals surface area (Å²) >= 11 is 0. The van der Waals surface area contributed by atoms with Crippen molar-refractivity contribution in [1.29, 1.82) is 0 Å². The summed E-state index contributed by atoms with van der Waals surface area (Å²) in [4.78, 5) is 22.3. The van der Waals surface area contributed by atoms with Crippen LogP contribution in [0.2, 0.25) is 0 Å². The molecule has 0 saturated carbocycles. The van der Waals surface area contributed by atoms with Gasteiger partial charge in [-0.2, -0.15) is 0 Å². The molecular weight excluding hydrogens is 276 g/mol. The molecule has 2 aromatic carbocycles. The van der Waals surface area contributed by atoms with Crippen molar-refractivity contribution in [3.05, 3.63) is 83.9 Å². The number of esters is 1. The molecule has 0 saturated heterocycles. The summed E-state index contributed by atoms with van der Waals surface area (Å²) < 4.78 is 4.56. The van der Waals surface area contributed by atoms with Gasteiger partial charge in [0.25, 0.3) is 0 Å². The molecule has 0 radical (unpaired) electrons. The van der Waals surface area contributed by atoms with Crippen LogP contribution in [0.1, 0.15) is 29.8 Å². The van der Waals surface area contributed by atoms with Gasteiger partial charge >= 0.3 is 5.97 Å². The number of ketones is 1. The SMILES string of the molecule is C=C(C)C(=O)OCC.O=C(c1ccccc1)c1ccccc1. The van der Waals surface area contributed by atoms with E-state index >= 15 is 0 Å². The van der Waals surface area contributed by atoms with Gasteiger partial charge in [-0.15, -0.1) is 0 Å². The molecule has 0 aliphatic rings. The van der Waals surface area contributed by atoms with Crippen LogP contribution in [0.5, 0.6) is 0 Å². The van der Waals surface area contributed by atoms with E-state index in [1.807, 2.05) is 60.7 Å². The Balaban J connectivity index is 0.000000261. The topological polar surface area (TPSA) is 43.4 Å². The molecule has 0 unspecified atom stereocenters. The van der Waals surface area contributed by atoms with Crippen molar-refractivity contribution in [2.24, 2.45) is 0 Å². The van der Waals surface area contributed by atoms with Crippen LogP contribution in [0, 0.1) is 0 Å². The van der Waals surface area contributed by atoms with Crippen LogP contribution >= 0.6 is 0 Å². The summed E-state index contributed by atoms with van der Waals surface area (Å²) in [6.07, 6.45) is 0. The van der Waals surface area contributed by atoms with Crippen LogP contribution in [0.15, 0.2) is 72.8 Å². The maximum Gasteiger partial charge on any atom is 0.333 e. The number of rotatable bonds is 4. The maximum absolute atomic E-state index is 11.8. The first kappa shape index (κ1) is 17.4. The predicted molar refractivity (Wildman–Crippen MR) is 87.8 cm³/mol. The van der Waals surface area contributed by atoms with E-state index in [2.05, 4.69) is 11.3 Å². The van der Waals surface area contributed by atoms with Gasteiger partial charge in [0, 0.05) is 16.7 Å². The van der Waals surface area contributed by atoms with E-state index in [9.17, 15) is 9.59 Å². The third-order valence-corrected chi connectivity index (χ3v) is 2.70. The first-order valence-electron chi connectivity index (χ1n) is 7.03. The van der Waals surface area contributed by atoms with Gasteiger partial charge in [0.15, 0.2) is 5.78 Å². The fourth-order valence-electron chi connectivity index (χ4n) is 1.60. The lowest BCUT2D eigenvalue weighted by Gasteiger charge is -1.99. The first-order chi connectivity index (χ1) is 10.6. The standard InChI is InChI=1S/C13H10O.C6H10O2/c14-13(11-7-3-1-4-8-11)12-9-5-2-6-10-12;1-4-8-6(7)5(2)3/h1-10H;2,4H2,1,3H3. The minimum absolute atomic E-state index is 0.0752. The van der Waals surface area contributed by atoms with E-state index in [0.29, 0.717) is 12.2 Å². The molecule has 114 valence electrons. The summed E-state index contributed by atoms with van der Waals surface area (Å²) in [5.41, 5.74) is 1.92. The van der Waals surface area contributed by atoms with Crippen LogP contribution in [-0.4, -0.2) is 18.4 Å². The van der Waals surface area contributed by atoms with E-state index in [0.717, 1.165) is 11.1 Å². The average Bonchev–Trinajstić information content (AvgIpc) is 2.56. The van der Waals surface area contributed by atoms with Crippen molar-refractivity contribution < 1.29 is 14.3 Å². The van der Waals surface area contributed by atoms with E-state index in [1.54, 1.807) is 13.8 Å². The second-order valence-electron chi connectivity index (χ2n) is 4.56. The van der Waals surface area contributed by atoms with Crippen molar-refractivity contribution in [2.45, 2.75) is 13.8 Å². The molecule has 0 aromatic heterocycles. The molecule has 22 heavy (non-hydrogen) atoms. The lowest BCUT2D eigenvalue weighted by Crippen LogP contribution is -2.03. The van der Waals surface area contributed by atoms with Crippen molar-refractivity contribution in [3.63, 3.8) is 0 Å². The highest BCUT2D eigenvalue weighted by Crippen LogP contribution is 2.08. The van der Waals surface area contributed by atoms with Crippen molar-refractivity contribution in [2.75, 3.05) is 6.61 Å². The molecule has 0 heterocycles. The van der Waals surface area contributed by atoms with Crippen LogP contribution in [0.4, 0.5) is 0 Å². The second kappa shape index (κ2) is 9.29. The fraction of sp³-hybridized carbons (Fsp3) is 0.158. The van der Waals surface area contributed by atoms with Gasteiger partial charge in [-0.1, -0.05) is 67.2 Å². The second-order valence-corrected chi connectivity index (χ2v) is 4.56. The summed E-state index contributed by atoms with van der Waals surface area (Å²) in [5, 5.41) is 0.